The van der Waals surface area contributed by atoms with E-state index < -0.39 is 0 Å². The normalized spacial score (nSPS) is 14.2. The van der Waals surface area contributed by atoms with Crippen LogP contribution in [0.5, 0.6) is 0 Å². The molecule has 1 fully saturated rings. The van der Waals surface area contributed by atoms with E-state index in [-0.39, 0.29) is 0 Å². The maximum absolute atomic E-state index is 5.45. The van der Waals surface area contributed by atoms with E-state index in [0.717, 1.165) is 34.8 Å². The zero-order chi connectivity index (χ0) is 30.2. The van der Waals surface area contributed by atoms with E-state index in [9.17, 15) is 0 Å². The summed E-state index contributed by atoms with van der Waals surface area (Å²) in [7, 11) is 0. The minimum Gasteiger partial charge on any atom is -0.278 e. The Morgan fingerprint density at radius 2 is 1.02 bits per heavy atom. The summed E-state index contributed by atoms with van der Waals surface area (Å²) >= 11 is 0. The molecule has 0 unspecified atom stereocenters. The Kier molecular flexibility index (Phi) is 5.65. The zero-order valence-electron chi connectivity index (χ0n) is 25.7. The van der Waals surface area contributed by atoms with Crippen LogP contribution in [0.15, 0.2) is 133 Å². The van der Waals surface area contributed by atoms with Crippen LogP contribution in [-0.2, 0) is 6.42 Å². The van der Waals surface area contributed by atoms with Gasteiger partial charge in [0.1, 0.15) is 0 Å². The lowest BCUT2D eigenvalue weighted by Crippen LogP contribution is -2.00. The van der Waals surface area contributed by atoms with Crippen LogP contribution >= 0.6 is 0 Å². The Morgan fingerprint density at radius 3 is 1.65 bits per heavy atom. The fraction of sp³-hybridized carbons (Fsp3) is 0.140. The van der Waals surface area contributed by atoms with Crippen molar-refractivity contribution in [1.82, 2.24) is 14.0 Å². The molecular formula is C43H33N3. The second-order valence-corrected chi connectivity index (χ2v) is 13.1. The minimum atomic E-state index is 0.771. The van der Waals surface area contributed by atoms with E-state index >= 15 is 0 Å². The molecule has 0 saturated heterocycles. The summed E-state index contributed by atoms with van der Waals surface area (Å²) in [4.78, 5) is 5.45. The molecule has 2 aromatic heterocycles. The van der Waals surface area contributed by atoms with Crippen LogP contribution in [0, 0.1) is 5.92 Å². The average Bonchev–Trinajstić information content (AvgIpc) is 3.84. The number of nitrogens with zero attached hydrogens (tertiary/aromatic N) is 3. The molecule has 2 aliphatic rings. The number of imidazole rings is 2. The number of fused-ring (bicyclic) bond motifs is 13. The zero-order valence-corrected chi connectivity index (χ0v) is 25.7. The molecule has 46 heavy (non-hydrogen) atoms. The Balaban J connectivity index is 1.25. The molecule has 0 bridgehead atoms. The number of aromatic nitrogens is 3. The molecule has 3 nitrogen and oxygen atoms in total. The van der Waals surface area contributed by atoms with Crippen molar-refractivity contribution in [2.75, 3.05) is 0 Å². The van der Waals surface area contributed by atoms with Crippen molar-refractivity contribution in [3.63, 3.8) is 0 Å². The maximum Gasteiger partial charge on any atom is 0.220 e. The van der Waals surface area contributed by atoms with Gasteiger partial charge < -0.3 is 0 Å². The lowest BCUT2D eigenvalue weighted by molar-refractivity contribution is 0.548. The molecular weight excluding hydrogens is 558 g/mol. The quantitative estimate of drug-likeness (QED) is 0.200. The van der Waals surface area contributed by atoms with Crippen LogP contribution < -0.4 is 0 Å². The van der Waals surface area contributed by atoms with Crippen molar-refractivity contribution >= 4 is 27.8 Å². The van der Waals surface area contributed by atoms with Crippen LogP contribution in [0.2, 0.25) is 0 Å². The topological polar surface area (TPSA) is 22.2 Å². The monoisotopic (exact) mass is 591 g/mol. The van der Waals surface area contributed by atoms with Gasteiger partial charge >= 0.3 is 0 Å². The van der Waals surface area contributed by atoms with E-state index in [2.05, 4.69) is 142 Å². The summed E-state index contributed by atoms with van der Waals surface area (Å²) in [6.45, 7) is 0. The van der Waals surface area contributed by atoms with E-state index in [4.69, 9.17) is 4.98 Å². The van der Waals surface area contributed by atoms with Gasteiger partial charge in [-0.05, 0) is 92.7 Å². The predicted octanol–water partition coefficient (Wildman–Crippen LogP) is 11.1. The average molecular weight is 592 g/mol. The summed E-state index contributed by atoms with van der Waals surface area (Å²) in [6, 6.07) is 49.1. The molecule has 0 spiro atoms. The third kappa shape index (κ3) is 3.75. The fourth-order valence-electron chi connectivity index (χ4n) is 8.41. The first-order valence-corrected chi connectivity index (χ1v) is 16.7. The Hall–Kier alpha value is -5.41. The molecule has 220 valence electrons. The van der Waals surface area contributed by atoms with Crippen molar-refractivity contribution in [3.05, 3.63) is 139 Å². The molecule has 0 atom stereocenters. The molecule has 6 aromatic carbocycles. The van der Waals surface area contributed by atoms with Crippen LogP contribution in [0.3, 0.4) is 0 Å². The van der Waals surface area contributed by atoms with E-state index in [0.29, 0.717) is 0 Å². The van der Waals surface area contributed by atoms with Gasteiger partial charge in [0.2, 0.25) is 5.78 Å². The second-order valence-electron chi connectivity index (χ2n) is 13.1. The van der Waals surface area contributed by atoms with E-state index in [1.165, 1.54) is 86.8 Å². The summed E-state index contributed by atoms with van der Waals surface area (Å²) < 4.78 is 4.75. The molecule has 2 aliphatic carbocycles. The van der Waals surface area contributed by atoms with E-state index in [1.807, 2.05) is 0 Å². The van der Waals surface area contributed by atoms with Gasteiger partial charge in [0.05, 0.1) is 22.1 Å². The first kappa shape index (κ1) is 25.9. The molecule has 0 radical (unpaired) electrons. The van der Waals surface area contributed by atoms with Gasteiger partial charge in [-0.1, -0.05) is 129 Å². The SMILES string of the molecule is c1ccc2c(c1)-c1ccccc1-c1ccc(-n3c4ccccc4n4c5cccc(CC6CCCC6)c5nc34)cc1-c1ccccc1-2. The Labute approximate surface area is 268 Å². The fourth-order valence-corrected chi connectivity index (χ4v) is 8.41. The molecule has 0 amide bonds. The highest BCUT2D eigenvalue weighted by Gasteiger charge is 2.24. The van der Waals surface area contributed by atoms with Gasteiger partial charge in [-0.2, -0.15) is 0 Å². The van der Waals surface area contributed by atoms with Gasteiger partial charge in [0.15, 0.2) is 0 Å². The highest BCUT2D eigenvalue weighted by Crippen LogP contribution is 2.48. The van der Waals surface area contributed by atoms with Crippen molar-refractivity contribution in [2.24, 2.45) is 5.92 Å². The molecule has 3 heteroatoms. The molecule has 2 heterocycles. The van der Waals surface area contributed by atoms with Gasteiger partial charge in [0, 0.05) is 5.69 Å². The summed E-state index contributed by atoms with van der Waals surface area (Å²) in [5, 5.41) is 0. The minimum absolute atomic E-state index is 0.771. The lowest BCUT2D eigenvalue weighted by Gasteiger charge is -2.23. The number of hydrogen-bond donors (Lipinski definition) is 0. The van der Waals surface area contributed by atoms with Gasteiger partial charge in [-0.3, -0.25) is 8.97 Å². The van der Waals surface area contributed by atoms with Gasteiger partial charge in [-0.15, -0.1) is 0 Å². The Bertz CT molecular complexity index is 2460. The molecule has 10 rings (SSSR count). The van der Waals surface area contributed by atoms with Crippen molar-refractivity contribution < 1.29 is 0 Å². The molecule has 8 aromatic rings. The number of benzene rings is 6. The Morgan fingerprint density at radius 1 is 0.500 bits per heavy atom. The van der Waals surface area contributed by atoms with Crippen LogP contribution in [-0.4, -0.2) is 14.0 Å². The second kappa shape index (κ2) is 10.1. The predicted molar refractivity (Wildman–Crippen MR) is 190 cm³/mol. The van der Waals surface area contributed by atoms with Gasteiger partial charge in [0.25, 0.3) is 0 Å². The third-order valence-electron chi connectivity index (χ3n) is 10.5. The lowest BCUT2D eigenvalue weighted by atomic mass is 9.81. The first-order chi connectivity index (χ1) is 22.8. The largest absolute Gasteiger partial charge is 0.278 e. The highest BCUT2D eigenvalue weighted by atomic mass is 15.2. The van der Waals surface area contributed by atoms with Crippen molar-refractivity contribution in [2.45, 2.75) is 32.1 Å². The highest BCUT2D eigenvalue weighted by molar-refractivity contribution is 6.03. The summed E-state index contributed by atoms with van der Waals surface area (Å²) in [5.74, 6) is 1.74. The number of para-hydroxylation sites is 3. The summed E-state index contributed by atoms with van der Waals surface area (Å²) in [5.41, 5.74) is 17.3. The molecule has 0 N–H and O–H groups in total. The van der Waals surface area contributed by atoms with Gasteiger partial charge in [-0.25, -0.2) is 4.98 Å². The first-order valence-electron chi connectivity index (χ1n) is 16.7. The van der Waals surface area contributed by atoms with Crippen LogP contribution in [0.1, 0.15) is 31.2 Å². The van der Waals surface area contributed by atoms with Crippen molar-refractivity contribution in [1.29, 1.82) is 0 Å². The standard InChI is InChI=1S/C43H33N3/c1-2-13-28(12-1)26-29-14-11-23-41-42(29)44-43-45(39-21-9-10-22-40(39)46(41)43)30-24-25-37-35-19-6-5-17-33(35)31-15-3-4-16-32(31)34-18-7-8-20-36(34)38(37)27-30/h3-11,14-25,27-28H,1-2,12-13,26H2. The molecule has 0 aliphatic heterocycles. The van der Waals surface area contributed by atoms with Crippen LogP contribution in [0.25, 0.3) is 78.0 Å². The smallest absolute Gasteiger partial charge is 0.220 e. The van der Waals surface area contributed by atoms with Crippen LogP contribution in [0.4, 0.5) is 0 Å². The van der Waals surface area contributed by atoms with Crippen molar-refractivity contribution in [3.8, 4) is 50.2 Å². The number of hydrogen-bond acceptors (Lipinski definition) is 1. The number of rotatable bonds is 3. The summed E-state index contributed by atoms with van der Waals surface area (Å²) in [6.07, 6.45) is 6.51. The molecule has 1 saturated carbocycles. The van der Waals surface area contributed by atoms with E-state index in [1.54, 1.807) is 0 Å². The third-order valence-corrected chi connectivity index (χ3v) is 10.5. The maximum atomic E-state index is 5.45.